The highest BCUT2D eigenvalue weighted by Crippen LogP contribution is 2.46. The highest BCUT2D eigenvalue weighted by Gasteiger charge is 2.42. The van der Waals surface area contributed by atoms with Crippen LogP contribution in [0, 0.1) is 0 Å². The Morgan fingerprint density at radius 2 is 2.12 bits per heavy atom. The van der Waals surface area contributed by atoms with Gasteiger partial charge < -0.3 is 4.42 Å². The molecule has 0 saturated heterocycles. The first-order valence-electron chi connectivity index (χ1n) is 7.63. The Hall–Kier alpha value is -1.87. The van der Waals surface area contributed by atoms with E-state index < -0.39 is 11.9 Å². The molecule has 1 saturated carbocycles. The highest BCUT2D eigenvalue weighted by molar-refractivity contribution is 7.13. The van der Waals surface area contributed by atoms with E-state index in [-0.39, 0.29) is 23.9 Å². The molecule has 0 unspecified atom stereocenters. The maximum absolute atomic E-state index is 13.0. The lowest BCUT2D eigenvalue weighted by atomic mass is 10.2. The summed E-state index contributed by atoms with van der Waals surface area (Å²) in [5.74, 6) is 0.799. The fourth-order valence-electron chi connectivity index (χ4n) is 2.61. The molecule has 0 N–H and O–H groups in total. The molecular formula is C15H12ClF3N4OS. The third-order valence-electron chi connectivity index (χ3n) is 3.90. The van der Waals surface area contributed by atoms with Crippen molar-refractivity contribution in [1.82, 2.24) is 20.0 Å². The number of aryl methyl sites for hydroxylation is 2. The van der Waals surface area contributed by atoms with Gasteiger partial charge in [-0.1, -0.05) is 17.7 Å². The summed E-state index contributed by atoms with van der Waals surface area (Å²) < 4.78 is 46.0. The van der Waals surface area contributed by atoms with E-state index in [1.54, 1.807) is 0 Å². The third-order valence-corrected chi connectivity index (χ3v) is 5.13. The normalized spacial score (nSPS) is 15.0. The highest BCUT2D eigenvalue weighted by atomic mass is 35.5. The van der Waals surface area contributed by atoms with Crippen molar-refractivity contribution in [2.24, 2.45) is 0 Å². The van der Waals surface area contributed by atoms with E-state index in [1.807, 2.05) is 17.5 Å². The molecule has 3 heterocycles. The molecule has 132 valence electrons. The van der Waals surface area contributed by atoms with E-state index in [9.17, 15) is 13.2 Å². The number of alkyl halides is 3. The van der Waals surface area contributed by atoms with Crippen LogP contribution in [0.3, 0.4) is 0 Å². The number of thiophene rings is 1. The number of hydrogen-bond acceptors (Lipinski definition) is 5. The average molecular weight is 389 g/mol. The molecule has 0 spiro atoms. The molecule has 5 nitrogen and oxygen atoms in total. The zero-order valence-corrected chi connectivity index (χ0v) is 14.3. The molecule has 1 fully saturated rings. The molecule has 0 bridgehead atoms. The number of hydrogen-bond donors (Lipinski definition) is 0. The minimum atomic E-state index is -4.57. The van der Waals surface area contributed by atoms with Crippen molar-refractivity contribution in [1.29, 1.82) is 0 Å². The van der Waals surface area contributed by atoms with Gasteiger partial charge >= 0.3 is 6.18 Å². The second kappa shape index (κ2) is 6.14. The second-order valence-electron chi connectivity index (χ2n) is 5.77. The molecule has 0 radical (unpaired) electrons. The van der Waals surface area contributed by atoms with Crippen LogP contribution in [0.25, 0.3) is 10.8 Å². The number of nitrogens with zero attached hydrogens (tertiary/aromatic N) is 4. The molecular weight excluding hydrogens is 377 g/mol. The van der Waals surface area contributed by atoms with E-state index >= 15 is 0 Å². The maximum atomic E-state index is 13.0. The third kappa shape index (κ3) is 3.30. The van der Waals surface area contributed by atoms with Crippen LogP contribution in [0.15, 0.2) is 21.9 Å². The predicted molar refractivity (Wildman–Crippen MR) is 85.5 cm³/mol. The van der Waals surface area contributed by atoms with E-state index in [0.29, 0.717) is 17.5 Å². The summed E-state index contributed by atoms with van der Waals surface area (Å²) in [5, 5.41) is 13.2. The Balaban J connectivity index is 1.55. The van der Waals surface area contributed by atoms with E-state index in [1.165, 1.54) is 16.0 Å². The number of halogens is 4. The molecule has 0 amide bonds. The Bertz CT molecular complexity index is 883. The zero-order valence-electron chi connectivity index (χ0n) is 12.8. The van der Waals surface area contributed by atoms with Crippen LogP contribution in [0.1, 0.15) is 36.0 Å². The van der Waals surface area contributed by atoms with Gasteiger partial charge in [0.25, 0.3) is 5.89 Å². The minimum absolute atomic E-state index is 0.0421. The molecule has 3 aromatic rings. The molecule has 25 heavy (non-hydrogen) atoms. The molecule has 0 atom stereocenters. The molecule has 0 aliphatic heterocycles. The summed E-state index contributed by atoms with van der Waals surface area (Å²) in [6.07, 6.45) is -2.63. The van der Waals surface area contributed by atoms with Gasteiger partial charge in [0.15, 0.2) is 5.69 Å². The SMILES string of the molecule is FC(F)(F)c1nn(CCc2nnc(-c3cccs3)o2)c(C2CC2)c1Cl. The van der Waals surface area contributed by atoms with Crippen molar-refractivity contribution in [3.8, 4) is 10.8 Å². The lowest BCUT2D eigenvalue weighted by Gasteiger charge is -2.04. The van der Waals surface area contributed by atoms with Crippen molar-refractivity contribution in [3.05, 3.63) is 39.8 Å². The van der Waals surface area contributed by atoms with Crippen LogP contribution in [0.4, 0.5) is 13.2 Å². The van der Waals surface area contributed by atoms with E-state index in [2.05, 4.69) is 15.3 Å². The summed E-state index contributed by atoms with van der Waals surface area (Å²) in [7, 11) is 0. The van der Waals surface area contributed by atoms with Gasteiger partial charge in [0.2, 0.25) is 5.89 Å². The van der Waals surface area contributed by atoms with Gasteiger partial charge in [-0.3, -0.25) is 4.68 Å². The summed E-state index contributed by atoms with van der Waals surface area (Å²) in [6.45, 7) is 0.202. The van der Waals surface area contributed by atoms with Gasteiger partial charge in [-0.2, -0.15) is 18.3 Å². The standard InChI is InChI=1S/C15H12ClF3N4OS/c16-11-12(8-3-4-8)23(22-13(11)15(17,18)19)6-5-10-20-21-14(24-10)9-2-1-7-25-9/h1-2,7-8H,3-6H2. The molecule has 10 heteroatoms. The van der Waals surface area contributed by atoms with Crippen LogP contribution >= 0.6 is 22.9 Å². The first kappa shape index (κ1) is 16.6. The topological polar surface area (TPSA) is 56.7 Å². The first-order valence-corrected chi connectivity index (χ1v) is 8.89. The van der Waals surface area contributed by atoms with Gasteiger partial charge in [-0.15, -0.1) is 21.5 Å². The predicted octanol–water partition coefficient (Wildman–Crippen LogP) is 4.79. The summed E-state index contributed by atoms with van der Waals surface area (Å²) in [6, 6.07) is 3.73. The quantitative estimate of drug-likeness (QED) is 0.630. The smallest absolute Gasteiger partial charge is 0.420 e. The van der Waals surface area contributed by atoms with Crippen LogP contribution in [0.2, 0.25) is 5.02 Å². The summed E-state index contributed by atoms with van der Waals surface area (Å²) in [4.78, 5) is 0.846. The Kier molecular flexibility index (Phi) is 4.07. The largest absolute Gasteiger partial charge is 0.436 e. The van der Waals surface area contributed by atoms with Gasteiger partial charge in [0, 0.05) is 12.3 Å². The van der Waals surface area contributed by atoms with Gasteiger partial charge in [-0.25, -0.2) is 0 Å². The van der Waals surface area contributed by atoms with Crippen molar-refractivity contribution in [3.63, 3.8) is 0 Å². The van der Waals surface area contributed by atoms with Crippen molar-refractivity contribution < 1.29 is 17.6 Å². The van der Waals surface area contributed by atoms with Crippen LogP contribution in [0.5, 0.6) is 0 Å². The number of rotatable bonds is 5. The van der Waals surface area contributed by atoms with Crippen molar-refractivity contribution in [2.45, 2.75) is 37.9 Å². The second-order valence-corrected chi connectivity index (χ2v) is 7.10. The summed E-state index contributed by atoms with van der Waals surface area (Å²) >= 11 is 7.42. The minimum Gasteiger partial charge on any atom is -0.420 e. The summed E-state index contributed by atoms with van der Waals surface area (Å²) in [5.41, 5.74) is -0.576. The van der Waals surface area contributed by atoms with Crippen LogP contribution < -0.4 is 0 Å². The lowest BCUT2D eigenvalue weighted by molar-refractivity contribution is -0.141. The maximum Gasteiger partial charge on any atom is 0.436 e. The molecule has 4 rings (SSSR count). The fraction of sp³-hybridized carbons (Fsp3) is 0.400. The van der Waals surface area contributed by atoms with E-state index in [0.717, 1.165) is 17.7 Å². The molecule has 1 aliphatic carbocycles. The molecule has 3 aromatic heterocycles. The van der Waals surface area contributed by atoms with Crippen molar-refractivity contribution >= 4 is 22.9 Å². The van der Waals surface area contributed by atoms with Crippen LogP contribution in [-0.2, 0) is 19.1 Å². The fourth-order valence-corrected chi connectivity index (χ4v) is 3.65. The van der Waals surface area contributed by atoms with Gasteiger partial charge in [0.05, 0.1) is 22.1 Å². The first-order chi connectivity index (χ1) is 11.9. The Labute approximate surface area is 149 Å². The Morgan fingerprint density at radius 3 is 2.76 bits per heavy atom. The zero-order chi connectivity index (χ0) is 17.6. The molecule has 0 aromatic carbocycles. The van der Waals surface area contributed by atoms with Crippen LogP contribution in [-0.4, -0.2) is 20.0 Å². The van der Waals surface area contributed by atoms with Gasteiger partial charge in [-0.05, 0) is 24.3 Å². The lowest BCUT2D eigenvalue weighted by Crippen LogP contribution is -2.10. The molecule has 1 aliphatic rings. The van der Waals surface area contributed by atoms with Gasteiger partial charge in [0.1, 0.15) is 0 Å². The van der Waals surface area contributed by atoms with Crippen molar-refractivity contribution in [2.75, 3.05) is 0 Å². The Morgan fingerprint density at radius 1 is 1.32 bits per heavy atom. The number of aromatic nitrogens is 4. The monoisotopic (exact) mass is 388 g/mol. The average Bonchev–Trinajstić information content (AvgIpc) is 2.99. The van der Waals surface area contributed by atoms with E-state index in [4.69, 9.17) is 16.0 Å².